The monoisotopic (exact) mass is 780 g/mol. The summed E-state index contributed by atoms with van der Waals surface area (Å²) in [6.07, 6.45) is -0.406. The fourth-order valence-corrected chi connectivity index (χ4v) is 7.95. The largest absolute Gasteiger partial charge is 0.420 e. The van der Waals surface area contributed by atoms with Crippen LogP contribution in [0.2, 0.25) is 0 Å². The molecular weight excluding hydrogens is 733 g/mol. The molecule has 2 N–H and O–H groups in total. The molecule has 0 saturated carbocycles. The minimum Gasteiger partial charge on any atom is -0.419 e. The Hall–Kier alpha value is -3.54. The Bertz CT molecular complexity index is 1560. The molecule has 2 fully saturated rings. The lowest BCUT2D eigenvalue weighted by Crippen LogP contribution is -2.49. The smallest absolute Gasteiger partial charge is 0.419 e. The zero-order chi connectivity index (χ0) is 37.6. The quantitative estimate of drug-likeness (QED) is 0.0790. The minimum absolute atomic E-state index is 0.0984. The van der Waals surface area contributed by atoms with E-state index in [1.165, 1.54) is 22.7 Å². The number of benzene rings is 2. The van der Waals surface area contributed by atoms with Crippen LogP contribution in [0.5, 0.6) is 0 Å². The van der Waals surface area contributed by atoms with E-state index in [-0.39, 0.29) is 51.5 Å². The van der Waals surface area contributed by atoms with Crippen LogP contribution in [-0.4, -0.2) is 90.3 Å². The first-order chi connectivity index (χ1) is 26.4. The van der Waals surface area contributed by atoms with Crippen molar-refractivity contribution >= 4 is 34.6 Å². The molecule has 6 atom stereocenters. The topological polar surface area (TPSA) is 132 Å². The molecule has 54 heavy (non-hydrogen) atoms. The van der Waals surface area contributed by atoms with E-state index in [0.717, 1.165) is 11.1 Å². The highest BCUT2D eigenvalue weighted by molar-refractivity contribution is 7.10. The lowest BCUT2D eigenvalue weighted by molar-refractivity contribution is -0.343. The van der Waals surface area contributed by atoms with Gasteiger partial charge in [0.15, 0.2) is 12.6 Å². The number of hydrogen-bond donors (Lipinski definition) is 2. The highest BCUT2D eigenvalue weighted by atomic mass is 32.1. The van der Waals surface area contributed by atoms with Gasteiger partial charge >= 0.3 is 11.9 Å². The van der Waals surface area contributed by atoms with Crippen LogP contribution in [0.3, 0.4) is 0 Å². The Kier molecular flexibility index (Phi) is 14.8. The van der Waals surface area contributed by atoms with Gasteiger partial charge in [-0.25, -0.2) is 9.59 Å². The molecule has 4 heterocycles. The van der Waals surface area contributed by atoms with Gasteiger partial charge in [-0.3, -0.25) is 0 Å². The zero-order valence-corrected chi connectivity index (χ0v) is 32.2. The summed E-state index contributed by atoms with van der Waals surface area (Å²) in [6, 6.07) is 27.3. The van der Waals surface area contributed by atoms with E-state index in [1.807, 2.05) is 83.6 Å². The molecular formula is C40H48N2O10S2. The second kappa shape index (κ2) is 19.9. The number of esters is 2. The Morgan fingerprint density at radius 2 is 1.04 bits per heavy atom. The van der Waals surface area contributed by atoms with Gasteiger partial charge in [0, 0.05) is 38.8 Å². The molecule has 0 bridgehead atoms. The lowest BCUT2D eigenvalue weighted by atomic mass is 10.1. The predicted molar refractivity (Wildman–Crippen MR) is 203 cm³/mol. The number of nitrogens with one attached hydrogen (secondary N) is 2. The second-order valence-electron chi connectivity index (χ2n) is 13.0. The molecule has 6 unspecified atom stereocenters. The third-order valence-corrected chi connectivity index (χ3v) is 11.0. The molecule has 6 rings (SSSR count). The number of carbonyl (C=O) groups is 2. The summed E-state index contributed by atoms with van der Waals surface area (Å²) in [4.78, 5) is 29.1. The Morgan fingerprint density at radius 3 is 1.37 bits per heavy atom. The number of hydrogen-bond acceptors (Lipinski definition) is 14. The predicted octanol–water partition coefficient (Wildman–Crippen LogP) is 5.12. The van der Waals surface area contributed by atoms with Crippen LogP contribution >= 0.6 is 22.7 Å². The maximum atomic E-state index is 14.0. The van der Waals surface area contributed by atoms with Crippen molar-refractivity contribution in [2.75, 3.05) is 53.6 Å². The SMILES string of the molecule is CNCCC(OC(=O)C(=O)OC(CCNC)(OC1COC(Cc2ccccc2)CO1)c1cccs1)(OC1COC(Cc2ccccc2)CO1)c1cccs1. The van der Waals surface area contributed by atoms with Gasteiger partial charge < -0.3 is 48.5 Å². The van der Waals surface area contributed by atoms with E-state index in [0.29, 0.717) is 35.7 Å². The first-order valence-electron chi connectivity index (χ1n) is 18.1. The highest BCUT2D eigenvalue weighted by Gasteiger charge is 2.48. The normalized spacial score (nSPS) is 22.5. The van der Waals surface area contributed by atoms with Crippen LogP contribution < -0.4 is 10.6 Å². The van der Waals surface area contributed by atoms with Crippen molar-refractivity contribution in [2.24, 2.45) is 0 Å². The fraction of sp³-hybridized carbons (Fsp3) is 0.450. The van der Waals surface area contributed by atoms with Crippen LogP contribution in [0.15, 0.2) is 95.7 Å². The second-order valence-corrected chi connectivity index (χ2v) is 14.9. The molecule has 2 aromatic heterocycles. The summed E-state index contributed by atoms with van der Waals surface area (Å²) in [5, 5.41) is 9.88. The summed E-state index contributed by atoms with van der Waals surface area (Å²) in [5.74, 6) is -5.90. The van der Waals surface area contributed by atoms with Gasteiger partial charge in [0.25, 0.3) is 11.6 Å². The first-order valence-corrected chi connectivity index (χ1v) is 19.9. The summed E-state index contributed by atoms with van der Waals surface area (Å²) < 4.78 is 49.6. The average molecular weight is 781 g/mol. The molecule has 290 valence electrons. The molecule has 2 aliphatic heterocycles. The molecule has 0 spiro atoms. The van der Waals surface area contributed by atoms with Gasteiger partial charge in [-0.15, -0.1) is 22.7 Å². The summed E-state index contributed by atoms with van der Waals surface area (Å²) >= 11 is 2.66. The maximum absolute atomic E-state index is 14.0. The Labute approximate surface area is 324 Å². The molecule has 2 aromatic carbocycles. The number of rotatable bonds is 18. The molecule has 14 heteroatoms. The Morgan fingerprint density at radius 1 is 0.611 bits per heavy atom. The molecule has 4 aromatic rings. The molecule has 0 aliphatic carbocycles. The van der Waals surface area contributed by atoms with E-state index in [9.17, 15) is 9.59 Å². The van der Waals surface area contributed by atoms with Crippen molar-refractivity contribution in [3.05, 3.63) is 117 Å². The van der Waals surface area contributed by atoms with E-state index in [4.69, 9.17) is 37.9 Å². The highest BCUT2D eigenvalue weighted by Crippen LogP contribution is 2.39. The standard InChI is InChI=1S/C40H48N2O10S2/c1-41-19-17-39(33-15-9-21-53-33,49-35-27-45-31(25-47-35)23-29-11-5-3-6-12-29)51-37(43)38(44)52-40(18-20-42-2,34-16-10-22-54-34)50-36-28-46-32(26-48-36)24-30-13-7-4-8-14-30/h3-16,21-22,31-32,35-36,41-42H,17-20,23-28H2,1-2H3. The molecule has 12 nitrogen and oxygen atoms in total. The van der Waals surface area contributed by atoms with E-state index in [2.05, 4.69) is 10.6 Å². The summed E-state index contributed by atoms with van der Waals surface area (Å²) in [6.45, 7) is 1.52. The van der Waals surface area contributed by atoms with E-state index < -0.39 is 36.1 Å². The van der Waals surface area contributed by atoms with Gasteiger partial charge in [0.05, 0.1) is 48.4 Å². The van der Waals surface area contributed by atoms with Gasteiger partial charge in [0.1, 0.15) is 0 Å². The zero-order valence-electron chi connectivity index (χ0n) is 30.5. The van der Waals surface area contributed by atoms with Crippen LogP contribution in [0, 0.1) is 0 Å². The van der Waals surface area contributed by atoms with Crippen LogP contribution in [-0.2, 0) is 71.9 Å². The molecule has 0 radical (unpaired) electrons. The van der Waals surface area contributed by atoms with Crippen molar-refractivity contribution in [1.82, 2.24) is 10.6 Å². The lowest BCUT2D eigenvalue weighted by Gasteiger charge is -2.39. The van der Waals surface area contributed by atoms with E-state index in [1.54, 1.807) is 26.2 Å². The maximum Gasteiger partial charge on any atom is 0.420 e. The van der Waals surface area contributed by atoms with Gasteiger partial charge in [0.2, 0.25) is 0 Å². The third kappa shape index (κ3) is 10.8. The molecule has 2 saturated heterocycles. The summed E-state index contributed by atoms with van der Waals surface area (Å²) in [7, 11) is 3.55. The van der Waals surface area contributed by atoms with Crippen molar-refractivity contribution < 1.29 is 47.5 Å². The van der Waals surface area contributed by atoms with Gasteiger partial charge in [-0.2, -0.15) is 0 Å². The summed E-state index contributed by atoms with van der Waals surface area (Å²) in [5.41, 5.74) is 2.26. The van der Waals surface area contributed by atoms with Crippen LogP contribution in [0.1, 0.15) is 33.7 Å². The average Bonchev–Trinajstić information content (AvgIpc) is 3.95. The van der Waals surface area contributed by atoms with Gasteiger partial charge in [-0.05, 0) is 48.1 Å². The van der Waals surface area contributed by atoms with Crippen LogP contribution in [0.25, 0.3) is 0 Å². The van der Waals surface area contributed by atoms with Crippen molar-refractivity contribution in [3.8, 4) is 0 Å². The van der Waals surface area contributed by atoms with Crippen LogP contribution in [0.4, 0.5) is 0 Å². The van der Waals surface area contributed by atoms with E-state index >= 15 is 0 Å². The Balaban J connectivity index is 1.16. The first kappa shape index (κ1) is 40.1. The van der Waals surface area contributed by atoms with Crippen molar-refractivity contribution in [3.63, 3.8) is 0 Å². The number of carbonyl (C=O) groups excluding carboxylic acids is 2. The third-order valence-electron chi connectivity index (χ3n) is 9.01. The number of ether oxygens (including phenoxy) is 8. The molecule has 2 aliphatic rings. The number of thiophene rings is 2. The van der Waals surface area contributed by atoms with Crippen molar-refractivity contribution in [1.29, 1.82) is 0 Å². The van der Waals surface area contributed by atoms with Gasteiger partial charge in [-0.1, -0.05) is 72.8 Å². The minimum atomic E-state index is -1.70. The van der Waals surface area contributed by atoms with Crippen molar-refractivity contribution in [2.45, 2.75) is 62.0 Å². The fourth-order valence-electron chi connectivity index (χ4n) is 6.29. The molecule has 0 amide bonds.